The Kier molecular flexibility index (Phi) is 11.3. The van der Waals surface area contributed by atoms with Crippen LogP contribution in [0.5, 0.6) is 0 Å². The van der Waals surface area contributed by atoms with Crippen LogP contribution in [0.15, 0.2) is 165 Å². The van der Waals surface area contributed by atoms with Crippen molar-refractivity contribution in [2.45, 2.75) is 10.1 Å². The Morgan fingerprint density at radius 1 is 0.700 bits per heavy atom. The summed E-state index contributed by atoms with van der Waals surface area (Å²) in [5.74, 6) is -0.173. The summed E-state index contributed by atoms with van der Waals surface area (Å²) < 4.78 is 6.96. The van der Waals surface area contributed by atoms with Gasteiger partial charge in [-0.05, 0) is 90.5 Å². The normalized spacial score (nSPS) is 11.8. The highest BCUT2D eigenvalue weighted by atomic mass is 79.9. The van der Waals surface area contributed by atoms with E-state index in [1.165, 1.54) is 17.8 Å². The molecular weight excluding hydrogens is 734 g/mol. The van der Waals surface area contributed by atoms with Crippen LogP contribution in [0.25, 0.3) is 17.4 Å². The lowest BCUT2D eigenvalue weighted by molar-refractivity contribution is -0.116. The van der Waals surface area contributed by atoms with Crippen LogP contribution >= 0.6 is 39.3 Å². The van der Waals surface area contributed by atoms with Gasteiger partial charge >= 0.3 is 0 Å². The minimum absolute atomic E-state index is 0.00276. The fraction of sp³-hybridized carbons (Fsp3) is 0.0250. The van der Waals surface area contributed by atoms with E-state index in [2.05, 4.69) is 31.9 Å². The molecule has 0 saturated heterocycles. The number of rotatable bonds is 11. The van der Waals surface area contributed by atoms with Crippen molar-refractivity contribution in [3.63, 3.8) is 0 Å². The number of amides is 3. The molecule has 7 nitrogen and oxygen atoms in total. The van der Waals surface area contributed by atoms with Crippen molar-refractivity contribution in [2.24, 2.45) is 0 Å². The van der Waals surface area contributed by atoms with Crippen LogP contribution in [0, 0.1) is 0 Å². The largest absolute Gasteiger partial charge is 0.457 e. The average molecular weight is 763 g/mol. The van der Waals surface area contributed by atoms with Crippen molar-refractivity contribution in [1.82, 2.24) is 5.32 Å². The molecule has 0 saturated carbocycles. The van der Waals surface area contributed by atoms with Crippen molar-refractivity contribution in [3.05, 3.63) is 178 Å². The molecule has 0 aliphatic rings. The van der Waals surface area contributed by atoms with Gasteiger partial charge in [0.15, 0.2) is 0 Å². The molecule has 1 aromatic heterocycles. The van der Waals surface area contributed by atoms with Crippen LogP contribution in [0.2, 0.25) is 5.02 Å². The quantitative estimate of drug-likeness (QED) is 0.0902. The van der Waals surface area contributed by atoms with Gasteiger partial charge in [-0.3, -0.25) is 14.4 Å². The van der Waals surface area contributed by atoms with Crippen LogP contribution in [0.1, 0.15) is 26.9 Å². The van der Waals surface area contributed by atoms with E-state index in [1.807, 2.05) is 72.8 Å². The minimum atomic E-state index is -0.550. The summed E-state index contributed by atoms with van der Waals surface area (Å²) in [7, 11) is 0. The number of carbonyl (C=O) groups excluding carboxylic acids is 3. The predicted molar refractivity (Wildman–Crippen MR) is 204 cm³/mol. The van der Waals surface area contributed by atoms with E-state index < -0.39 is 17.1 Å². The molecule has 0 unspecified atom stereocenters. The van der Waals surface area contributed by atoms with Crippen LogP contribution < -0.4 is 16.0 Å². The topological polar surface area (TPSA) is 100 Å². The number of furan rings is 1. The maximum atomic E-state index is 13.6. The van der Waals surface area contributed by atoms with Crippen LogP contribution in [-0.2, 0) is 9.59 Å². The highest BCUT2D eigenvalue weighted by Gasteiger charge is 2.23. The summed E-state index contributed by atoms with van der Waals surface area (Å²) in [6, 6.07) is 43.4. The smallest absolute Gasteiger partial charge is 0.272 e. The van der Waals surface area contributed by atoms with Crippen LogP contribution in [-0.4, -0.2) is 17.7 Å². The molecule has 3 N–H and O–H groups in total. The Morgan fingerprint density at radius 3 is 2.00 bits per heavy atom. The molecule has 6 aromatic rings. The maximum absolute atomic E-state index is 13.6. The SMILES string of the molecule is O=C(Nc1ccc(S[C@H](C(=O)Nc2ccc(Cl)cc2)c2ccccc2)cc1)/C(=C/c1ccc(-c2ccc(Br)cc2)o1)NC(=O)c1ccccc1. The highest BCUT2D eigenvalue weighted by Crippen LogP contribution is 2.37. The molecule has 1 heterocycles. The Hall–Kier alpha value is -5.35. The van der Waals surface area contributed by atoms with Gasteiger partial charge in [0.25, 0.3) is 11.8 Å². The highest BCUT2D eigenvalue weighted by molar-refractivity contribution is 9.10. The molecule has 6 rings (SSSR count). The Morgan fingerprint density at radius 2 is 1.32 bits per heavy atom. The third-order valence-electron chi connectivity index (χ3n) is 7.39. The third-order valence-corrected chi connectivity index (χ3v) is 9.44. The van der Waals surface area contributed by atoms with E-state index >= 15 is 0 Å². The van der Waals surface area contributed by atoms with E-state index in [-0.39, 0.29) is 11.6 Å². The van der Waals surface area contributed by atoms with Gasteiger partial charge in [0.05, 0.1) is 0 Å². The second kappa shape index (κ2) is 16.4. The van der Waals surface area contributed by atoms with Gasteiger partial charge in [-0.2, -0.15) is 0 Å². The van der Waals surface area contributed by atoms with E-state index in [4.69, 9.17) is 16.0 Å². The third kappa shape index (κ3) is 9.21. The summed E-state index contributed by atoms with van der Waals surface area (Å²) >= 11 is 10.8. The molecular formula is C40H29BrClN3O4S. The first-order chi connectivity index (χ1) is 24.3. The van der Waals surface area contributed by atoms with Gasteiger partial charge in [-0.25, -0.2) is 0 Å². The van der Waals surface area contributed by atoms with Gasteiger partial charge < -0.3 is 20.4 Å². The molecule has 0 spiro atoms. The lowest BCUT2D eigenvalue weighted by Gasteiger charge is -2.17. The van der Waals surface area contributed by atoms with Gasteiger partial charge in [-0.1, -0.05) is 88.2 Å². The standard InChI is InChI=1S/C40H29BrClN3O4S/c41-29-13-11-26(12-14-29)36-24-21-33(49-36)25-35(45-38(46)28-9-5-2-6-10-28)39(47)43-32-19-22-34(23-20-32)50-37(27-7-3-1-4-8-27)40(48)44-31-17-15-30(42)16-18-31/h1-25,37H,(H,43,47)(H,44,48)(H,45,46)/b35-25-/t37-/m0/s1. The molecule has 248 valence electrons. The zero-order valence-electron chi connectivity index (χ0n) is 26.3. The van der Waals surface area contributed by atoms with E-state index in [1.54, 1.807) is 72.8 Å². The monoisotopic (exact) mass is 761 g/mol. The van der Waals surface area contributed by atoms with Crippen molar-refractivity contribution in [1.29, 1.82) is 0 Å². The van der Waals surface area contributed by atoms with Gasteiger partial charge in [0, 0.05) is 43.0 Å². The summed E-state index contributed by atoms with van der Waals surface area (Å²) in [4.78, 5) is 41.0. The average Bonchev–Trinajstić information content (AvgIpc) is 3.61. The number of nitrogens with one attached hydrogen (secondary N) is 3. The van der Waals surface area contributed by atoms with Gasteiger partial charge in [-0.15, -0.1) is 11.8 Å². The number of carbonyl (C=O) groups is 3. The fourth-order valence-corrected chi connectivity index (χ4v) is 6.29. The maximum Gasteiger partial charge on any atom is 0.272 e. The van der Waals surface area contributed by atoms with Crippen molar-refractivity contribution >= 4 is 74.5 Å². The zero-order chi connectivity index (χ0) is 34.9. The predicted octanol–water partition coefficient (Wildman–Crippen LogP) is 10.2. The molecule has 0 radical (unpaired) electrons. The van der Waals surface area contributed by atoms with Crippen LogP contribution in [0.4, 0.5) is 11.4 Å². The molecule has 0 aliphatic carbocycles. The number of halogens is 2. The number of hydrogen-bond acceptors (Lipinski definition) is 5. The van der Waals surface area contributed by atoms with Gasteiger partial charge in [0.1, 0.15) is 22.5 Å². The number of hydrogen-bond donors (Lipinski definition) is 3. The van der Waals surface area contributed by atoms with E-state index in [0.717, 1.165) is 20.5 Å². The first-order valence-electron chi connectivity index (χ1n) is 15.4. The molecule has 0 bridgehead atoms. The molecule has 0 fully saturated rings. The van der Waals surface area contributed by atoms with Crippen molar-refractivity contribution < 1.29 is 18.8 Å². The molecule has 3 amide bonds. The second-order valence-corrected chi connectivity index (χ2v) is 13.5. The summed E-state index contributed by atoms with van der Waals surface area (Å²) in [5.41, 5.74) is 3.23. The van der Waals surface area contributed by atoms with Crippen molar-refractivity contribution in [3.8, 4) is 11.3 Å². The molecule has 10 heteroatoms. The number of thioether (sulfide) groups is 1. The van der Waals surface area contributed by atoms with Gasteiger partial charge in [0.2, 0.25) is 5.91 Å². The van der Waals surface area contributed by atoms with E-state index in [9.17, 15) is 14.4 Å². The zero-order valence-corrected chi connectivity index (χ0v) is 29.5. The summed E-state index contributed by atoms with van der Waals surface area (Å²) in [6.45, 7) is 0. The second-order valence-electron chi connectivity index (χ2n) is 11.0. The fourth-order valence-electron chi connectivity index (χ4n) is 4.88. The minimum Gasteiger partial charge on any atom is -0.457 e. The number of benzene rings is 5. The lowest BCUT2D eigenvalue weighted by atomic mass is 10.1. The Labute approximate surface area is 306 Å². The van der Waals surface area contributed by atoms with E-state index in [0.29, 0.717) is 33.5 Å². The summed E-state index contributed by atoms with van der Waals surface area (Å²) in [5, 5.41) is 8.61. The Balaban J connectivity index is 1.20. The first kappa shape index (κ1) is 34.5. The van der Waals surface area contributed by atoms with Crippen molar-refractivity contribution in [2.75, 3.05) is 10.6 Å². The number of anilines is 2. The molecule has 50 heavy (non-hydrogen) atoms. The van der Waals surface area contributed by atoms with Crippen LogP contribution in [0.3, 0.4) is 0 Å². The lowest BCUT2D eigenvalue weighted by Crippen LogP contribution is -2.30. The first-order valence-corrected chi connectivity index (χ1v) is 17.5. The molecule has 1 atom stereocenters. The molecule has 0 aliphatic heterocycles. The summed E-state index contributed by atoms with van der Waals surface area (Å²) in [6.07, 6.45) is 1.49. The molecule has 5 aromatic carbocycles. The Bertz CT molecular complexity index is 2120.